The standard InChI is InChI=1S/C14H14Cl3N3O3/c1-14(2,7-15)20(12(18)22)6-11(21)19(13(20)23)10-4-8(16)3-9(17)5-10/h3-5H,6-7H2,1-2H3,(H-,18,22)/p+1. The minimum atomic E-state index is -1.06. The molecule has 0 bridgehead atoms. The van der Waals surface area contributed by atoms with Gasteiger partial charge in [0.25, 0.3) is 5.91 Å². The first kappa shape index (κ1) is 18.0. The molecule has 23 heavy (non-hydrogen) atoms. The summed E-state index contributed by atoms with van der Waals surface area (Å²) >= 11 is 17.8. The topological polar surface area (TPSA) is 80.5 Å². The van der Waals surface area contributed by atoms with Crippen molar-refractivity contribution < 1.29 is 18.9 Å². The number of rotatable bonds is 3. The van der Waals surface area contributed by atoms with Crippen LogP contribution in [0.5, 0.6) is 0 Å². The van der Waals surface area contributed by atoms with Crippen LogP contribution in [0.25, 0.3) is 0 Å². The molecule has 6 nitrogen and oxygen atoms in total. The number of carbonyl (C=O) groups is 3. The molecule has 1 aromatic carbocycles. The first-order valence-electron chi connectivity index (χ1n) is 6.64. The van der Waals surface area contributed by atoms with Crippen LogP contribution < -0.4 is 10.6 Å². The highest BCUT2D eigenvalue weighted by Crippen LogP contribution is 2.37. The van der Waals surface area contributed by atoms with Crippen LogP contribution in [0.2, 0.25) is 10.0 Å². The molecule has 0 aromatic heterocycles. The van der Waals surface area contributed by atoms with E-state index in [-0.39, 0.29) is 21.6 Å². The lowest BCUT2D eigenvalue weighted by atomic mass is 10.0. The highest BCUT2D eigenvalue weighted by Gasteiger charge is 2.64. The fraction of sp³-hybridized carbons (Fsp3) is 0.357. The van der Waals surface area contributed by atoms with Crippen molar-refractivity contribution in [3.05, 3.63) is 28.2 Å². The van der Waals surface area contributed by atoms with Gasteiger partial charge < -0.3 is 5.73 Å². The van der Waals surface area contributed by atoms with Gasteiger partial charge in [0.1, 0.15) is 5.54 Å². The van der Waals surface area contributed by atoms with E-state index in [1.807, 2.05) is 0 Å². The Morgan fingerprint density at radius 1 is 1.26 bits per heavy atom. The molecule has 0 radical (unpaired) electrons. The van der Waals surface area contributed by atoms with Crippen LogP contribution in [0, 0.1) is 0 Å². The lowest BCUT2D eigenvalue weighted by Gasteiger charge is -2.38. The Morgan fingerprint density at radius 2 is 1.78 bits per heavy atom. The first-order chi connectivity index (χ1) is 10.6. The molecule has 9 heteroatoms. The van der Waals surface area contributed by atoms with E-state index in [1.54, 1.807) is 13.8 Å². The van der Waals surface area contributed by atoms with Crippen molar-refractivity contribution in [1.29, 1.82) is 0 Å². The van der Waals surface area contributed by atoms with Gasteiger partial charge in [0.2, 0.25) is 0 Å². The normalized spacial score (nSPS) is 21.9. The van der Waals surface area contributed by atoms with Crippen LogP contribution in [-0.2, 0) is 4.79 Å². The number of imide groups is 2. The molecule has 2 N–H and O–H groups in total. The zero-order valence-electron chi connectivity index (χ0n) is 12.5. The average molecular weight is 380 g/mol. The number of carbonyl (C=O) groups excluding carboxylic acids is 3. The molecule has 1 aliphatic rings. The number of halogens is 3. The summed E-state index contributed by atoms with van der Waals surface area (Å²) in [5.41, 5.74) is 4.60. The van der Waals surface area contributed by atoms with Gasteiger partial charge >= 0.3 is 12.1 Å². The van der Waals surface area contributed by atoms with E-state index in [2.05, 4.69) is 0 Å². The van der Waals surface area contributed by atoms with Gasteiger partial charge in [-0.05, 0) is 32.0 Å². The summed E-state index contributed by atoms with van der Waals surface area (Å²) in [4.78, 5) is 38.3. The van der Waals surface area contributed by atoms with Crippen LogP contribution in [0.15, 0.2) is 18.2 Å². The molecule has 1 fully saturated rings. The number of anilines is 1. The quantitative estimate of drug-likeness (QED) is 0.496. The molecular formula is C14H15Cl3N3O3+. The Bertz CT molecular complexity index is 688. The van der Waals surface area contributed by atoms with Gasteiger partial charge in [-0.15, -0.1) is 16.1 Å². The lowest BCUT2D eigenvalue weighted by molar-refractivity contribution is -0.803. The molecule has 0 spiro atoms. The predicted octanol–water partition coefficient (Wildman–Crippen LogP) is 3.37. The van der Waals surface area contributed by atoms with Crippen LogP contribution in [-0.4, -0.2) is 40.4 Å². The summed E-state index contributed by atoms with van der Waals surface area (Å²) < 4.78 is -0.889. The maximum atomic E-state index is 12.9. The Labute approximate surface area is 148 Å². The van der Waals surface area contributed by atoms with Crippen molar-refractivity contribution >= 4 is 58.5 Å². The fourth-order valence-corrected chi connectivity index (χ4v) is 3.31. The molecular weight excluding hydrogens is 365 g/mol. The van der Waals surface area contributed by atoms with Crippen LogP contribution in [0.1, 0.15) is 13.8 Å². The molecule has 124 valence electrons. The number of urea groups is 2. The smallest absolute Gasteiger partial charge is 0.318 e. The predicted molar refractivity (Wildman–Crippen MR) is 88.9 cm³/mol. The molecule has 1 aliphatic heterocycles. The molecule has 1 aromatic rings. The molecule has 5 amide bonds. The average Bonchev–Trinajstić information content (AvgIpc) is 2.70. The number of nitrogens with two attached hydrogens (primary N) is 1. The molecule has 1 atom stereocenters. The van der Waals surface area contributed by atoms with E-state index >= 15 is 0 Å². The summed E-state index contributed by atoms with van der Waals surface area (Å²) in [5, 5.41) is 0.516. The van der Waals surface area contributed by atoms with Gasteiger partial charge in [0, 0.05) is 10.0 Å². The van der Waals surface area contributed by atoms with Crippen molar-refractivity contribution in [2.75, 3.05) is 17.3 Å². The number of amides is 5. The minimum Gasteiger partial charge on any atom is -0.318 e. The van der Waals surface area contributed by atoms with Gasteiger partial charge in [-0.3, -0.25) is 4.79 Å². The summed E-state index contributed by atoms with van der Waals surface area (Å²) in [6.45, 7) is 2.80. The molecule has 2 rings (SSSR count). The first-order valence-corrected chi connectivity index (χ1v) is 7.93. The van der Waals surface area contributed by atoms with Gasteiger partial charge in [-0.2, -0.15) is 4.90 Å². The maximum Gasteiger partial charge on any atom is 0.440 e. The van der Waals surface area contributed by atoms with Gasteiger partial charge in [-0.1, -0.05) is 23.2 Å². The molecule has 0 aliphatic carbocycles. The van der Waals surface area contributed by atoms with Crippen molar-refractivity contribution in [3.8, 4) is 0 Å². The van der Waals surface area contributed by atoms with E-state index < -0.39 is 34.5 Å². The monoisotopic (exact) mass is 378 g/mol. The van der Waals surface area contributed by atoms with Crippen molar-refractivity contribution in [2.24, 2.45) is 5.73 Å². The fourth-order valence-electron chi connectivity index (χ4n) is 2.59. The van der Waals surface area contributed by atoms with Crippen molar-refractivity contribution in [1.82, 2.24) is 0 Å². The second kappa shape index (κ2) is 5.94. The Kier molecular flexibility index (Phi) is 4.65. The van der Waals surface area contributed by atoms with E-state index in [0.717, 1.165) is 4.90 Å². The van der Waals surface area contributed by atoms with Gasteiger partial charge in [-0.25, -0.2) is 9.59 Å². The van der Waals surface area contributed by atoms with Crippen molar-refractivity contribution in [2.45, 2.75) is 19.4 Å². The van der Waals surface area contributed by atoms with Crippen LogP contribution in [0.3, 0.4) is 0 Å². The largest absolute Gasteiger partial charge is 0.440 e. The van der Waals surface area contributed by atoms with Gasteiger partial charge in [0.05, 0.1) is 11.6 Å². The minimum absolute atomic E-state index is 0.0426. The Hall–Kier alpha value is -1.34. The Balaban J connectivity index is 2.61. The zero-order chi connectivity index (χ0) is 17.6. The number of nitrogens with zero attached hydrogens (tertiary/aromatic N) is 2. The number of quaternary nitrogens is 1. The molecule has 1 saturated heterocycles. The maximum absolute atomic E-state index is 12.9. The molecule has 1 heterocycles. The Morgan fingerprint density at radius 3 is 2.22 bits per heavy atom. The third-order valence-corrected chi connectivity index (χ3v) is 5.07. The summed E-state index contributed by atoms with van der Waals surface area (Å²) in [6, 6.07) is 2.59. The number of benzene rings is 1. The van der Waals surface area contributed by atoms with E-state index in [9.17, 15) is 14.4 Å². The van der Waals surface area contributed by atoms with E-state index in [0.29, 0.717) is 0 Å². The third kappa shape index (κ3) is 2.70. The third-order valence-electron chi connectivity index (χ3n) is 3.98. The van der Waals surface area contributed by atoms with Gasteiger partial charge in [0.15, 0.2) is 6.54 Å². The summed E-state index contributed by atoms with van der Waals surface area (Å²) in [5.74, 6) is -0.621. The highest BCUT2D eigenvalue weighted by molar-refractivity contribution is 6.35. The van der Waals surface area contributed by atoms with Crippen LogP contribution >= 0.6 is 34.8 Å². The lowest BCUT2D eigenvalue weighted by Crippen LogP contribution is -2.69. The second-order valence-corrected chi connectivity index (χ2v) is 7.03. The zero-order valence-corrected chi connectivity index (χ0v) is 14.7. The van der Waals surface area contributed by atoms with E-state index in [4.69, 9.17) is 40.5 Å². The highest BCUT2D eigenvalue weighted by atomic mass is 35.5. The number of alkyl halides is 1. The van der Waals surface area contributed by atoms with Crippen LogP contribution in [0.4, 0.5) is 15.3 Å². The van der Waals surface area contributed by atoms with E-state index in [1.165, 1.54) is 18.2 Å². The SMILES string of the molecule is CC(C)(CCl)[N+]1(C(N)=O)CC(=O)N(c2cc(Cl)cc(Cl)c2)C1=O. The molecule has 0 saturated carbocycles. The number of hydrogen-bond donors (Lipinski definition) is 1. The number of hydrogen-bond acceptors (Lipinski definition) is 3. The summed E-state index contributed by atoms with van der Waals surface area (Å²) in [7, 11) is 0. The summed E-state index contributed by atoms with van der Waals surface area (Å²) in [6.07, 6.45) is 0. The van der Waals surface area contributed by atoms with Crippen molar-refractivity contribution in [3.63, 3.8) is 0 Å². The molecule has 1 unspecified atom stereocenters. The number of primary amides is 1. The second-order valence-electron chi connectivity index (χ2n) is 5.89.